The van der Waals surface area contributed by atoms with Gasteiger partial charge >= 0.3 is 43.9 Å². The van der Waals surface area contributed by atoms with E-state index in [1.807, 2.05) is 124 Å². The number of anilines is 3. The summed E-state index contributed by atoms with van der Waals surface area (Å²) in [6.45, 7) is 30.6. The summed E-state index contributed by atoms with van der Waals surface area (Å²) in [6, 6.07) is 13.2. The van der Waals surface area contributed by atoms with Crippen LogP contribution < -0.4 is 71.7 Å². The quantitative estimate of drug-likeness (QED) is 0.0229. The minimum atomic E-state index is -1.47. The zero-order valence-corrected chi connectivity index (χ0v) is 84.6. The van der Waals surface area contributed by atoms with Gasteiger partial charge in [-0.2, -0.15) is 0 Å². The normalized spacial score (nSPS) is 17.6. The van der Waals surface area contributed by atoms with Crippen LogP contribution in [-0.2, 0) is 142 Å². The van der Waals surface area contributed by atoms with E-state index in [1.165, 1.54) is 18.8 Å². The number of halogens is 7. The summed E-state index contributed by atoms with van der Waals surface area (Å²) in [7, 11) is 6.94. The first-order chi connectivity index (χ1) is 65.3. The van der Waals surface area contributed by atoms with Gasteiger partial charge in [0.1, 0.15) is 69.7 Å². The third kappa shape index (κ3) is 24.1. The SMILES string of the molecule is COC(=O)[C@H](Cc1ccc(-c2c(C)c(C)cn(C)c2=O)c2c1COC2)NC(=O)c1c(F)cc(N2CCOC[C@@H]2C)cc1F.COC(=O)[C@H](Cc1ccc(B2OC(C)(C)C(C)(C)O2)c2c1COC2)NC(=O)c1c(F)cc(N2CCOC[C@@H]2C)cc1F.Cc1cn(C)c(=O)c(-c2ccc(C[C@H](NC(=O)c3c(F)cc(N4CCOC[C@@H]4C)cc3F)C(=O)O)c3c2COC3)c1C.Cc1cn(C)c(=O)c(I)c1C.O.[Li+].[OH-]. The Morgan fingerprint density at radius 3 is 1.07 bits per heavy atom. The Bertz CT molecular complexity index is 6380. The number of nitrogens with zero attached hydrogens (tertiary/aromatic N) is 6. The van der Waals surface area contributed by atoms with Crippen molar-refractivity contribution in [2.75, 3.05) is 88.2 Å². The summed E-state index contributed by atoms with van der Waals surface area (Å²) in [5.74, 6) is -12.5. The van der Waals surface area contributed by atoms with E-state index >= 15 is 26.3 Å². The first kappa shape index (κ1) is 112. The molecule has 4 fully saturated rings. The van der Waals surface area contributed by atoms with Gasteiger partial charge in [0.25, 0.3) is 34.4 Å². The first-order valence-electron chi connectivity index (χ1n) is 45.3. The number of rotatable bonds is 21. The molecule has 4 saturated heterocycles. The Kier molecular flexibility index (Phi) is 37.3. The standard InChI is InChI=1S/C32H35F2N3O6.C31H33F2N3O6.C30H37BF2N2O7.C8H10INO.Li.2H2O/c1-17-13-36(4)31(39)28(19(17)3)22-7-6-20(23-15-43-16-24(22)23)10-27(32(40)41-5)35-30(38)29-25(33)11-21(12-26(29)34)37-8-9-42-14-18(37)2;1-16-12-35(4)30(38)27(18(16)3)21-6-5-19(22-14-42-15-23(21)22)9-26(31(39)40)34-29(37)28-24(32)10-20(11-25(28)33)36-7-8-41-13-17(36)2;1-17-14-39-10-9-35(17)19-12-23(32)26(24(33)13-19)27(36)34-25(28(37)38-6)11-18-7-8-22(21-16-40-15-20(18)21)31-41-29(2,3)30(4,5)42-31;1-5-4-10(3)8(11)7(9)6(5)2;;;/h6-7,11-13,18,27H,8-10,14-16H2,1-5H3,(H,35,38);5-6,10-12,17,26H,7-9,13-15H2,1-4H3,(H,34,37)(H,39,40);7-8,12-13,17,25H,9-11,14-16H2,1-6H3,(H,34,36);4H,1-3H3;;2*1H2/q;;;;+1;;/p-1/t18-,27-;17-,26-;17-,25-;;;;/m000..../s1. The van der Waals surface area contributed by atoms with E-state index in [4.69, 9.17) is 47.2 Å². The molecular weight excluding hydrogens is 1950 g/mol. The number of esters is 2. The number of hydrogen-bond donors (Lipinski definition) is 4. The van der Waals surface area contributed by atoms with Gasteiger partial charge in [-0.1, -0.05) is 36.4 Å². The van der Waals surface area contributed by atoms with Crippen molar-refractivity contribution in [3.63, 3.8) is 0 Å². The smallest absolute Gasteiger partial charge is 0.870 e. The number of aliphatic carboxylic acids is 1. The number of methoxy groups -OCH3 is 2. The van der Waals surface area contributed by atoms with Gasteiger partial charge in [-0.15, -0.1) is 0 Å². The summed E-state index contributed by atoms with van der Waals surface area (Å²) in [5.41, 5.74) is 13.5. The molecule has 40 heteroatoms. The maximum absolute atomic E-state index is 15.2. The fraction of sp³-hybridized carbons (Fsp3) is 0.436. The van der Waals surface area contributed by atoms with Gasteiger partial charge in [-0.3, -0.25) is 28.8 Å². The third-order valence-corrected chi connectivity index (χ3v) is 28.3. The predicted molar refractivity (Wildman–Crippen MR) is 519 cm³/mol. The molecule has 3 aromatic heterocycles. The van der Waals surface area contributed by atoms with E-state index in [-0.39, 0.29) is 116 Å². The number of benzene rings is 6. The molecule has 752 valence electrons. The molecule has 0 unspecified atom stereocenters. The van der Waals surface area contributed by atoms with Crippen LogP contribution in [0.25, 0.3) is 22.3 Å². The van der Waals surface area contributed by atoms with E-state index in [0.29, 0.717) is 112 Å². The van der Waals surface area contributed by atoms with Crippen molar-refractivity contribution < 1.29 is 137 Å². The molecule has 6 aromatic carbocycles. The summed E-state index contributed by atoms with van der Waals surface area (Å²) in [5, 5.41) is 17.2. The minimum Gasteiger partial charge on any atom is -0.870 e. The Balaban J connectivity index is 0.000000204. The van der Waals surface area contributed by atoms with Crippen LogP contribution in [0.4, 0.5) is 43.4 Å². The van der Waals surface area contributed by atoms with Crippen molar-refractivity contribution in [2.24, 2.45) is 21.1 Å². The molecule has 7 N–H and O–H groups in total. The first-order valence-corrected chi connectivity index (χ1v) is 46.4. The number of carboxylic acid groups (broad SMARTS) is 1. The monoisotopic (exact) mass is 2070 g/mol. The summed E-state index contributed by atoms with van der Waals surface area (Å²) >= 11 is 2.09. The molecular formula is C101H118BF6ILiN9O22. The van der Waals surface area contributed by atoms with Crippen LogP contribution in [-0.4, -0.2) is 193 Å². The number of carbonyl (C=O) groups excluding carboxylic acids is 5. The molecule has 0 radical (unpaired) electrons. The van der Waals surface area contributed by atoms with Crippen LogP contribution >= 0.6 is 22.6 Å². The molecule has 141 heavy (non-hydrogen) atoms. The van der Waals surface area contributed by atoms with E-state index in [9.17, 15) is 48.3 Å². The maximum Gasteiger partial charge on any atom is 1.00 e. The molecule has 3 amide bonds. The number of amides is 3. The number of morpholine rings is 3. The van der Waals surface area contributed by atoms with Gasteiger partial charge in [0.15, 0.2) is 0 Å². The number of fused-ring (bicyclic) bond motifs is 3. The van der Waals surface area contributed by atoms with E-state index in [2.05, 4.69) is 38.5 Å². The average molecular weight is 2070 g/mol. The fourth-order valence-corrected chi connectivity index (χ4v) is 19.0. The Labute approximate surface area is 838 Å². The fourth-order valence-electron chi connectivity index (χ4n) is 18.2. The van der Waals surface area contributed by atoms with Crippen LogP contribution in [0, 0.1) is 80.0 Å². The molecule has 0 saturated carbocycles. The molecule has 7 aliphatic heterocycles. The van der Waals surface area contributed by atoms with Crippen LogP contribution in [0.3, 0.4) is 0 Å². The number of aromatic nitrogens is 3. The van der Waals surface area contributed by atoms with Crippen molar-refractivity contribution in [1.82, 2.24) is 29.7 Å². The molecule has 7 aliphatic rings. The Hall–Kier alpha value is -11.0. The van der Waals surface area contributed by atoms with E-state index in [1.54, 1.807) is 65.8 Å². The van der Waals surface area contributed by atoms with Crippen LogP contribution in [0.1, 0.15) is 163 Å². The van der Waals surface area contributed by atoms with Crippen molar-refractivity contribution in [3.8, 4) is 22.3 Å². The van der Waals surface area contributed by atoms with Crippen LogP contribution in [0.15, 0.2) is 106 Å². The zero-order chi connectivity index (χ0) is 100. The van der Waals surface area contributed by atoms with Crippen molar-refractivity contribution in [1.29, 1.82) is 0 Å². The topological polar surface area (TPSA) is 388 Å². The number of carboxylic acids is 1. The second-order valence-corrected chi connectivity index (χ2v) is 37.8. The molecule has 0 bridgehead atoms. The number of carbonyl (C=O) groups is 6. The summed E-state index contributed by atoms with van der Waals surface area (Å²) in [4.78, 5) is 120. The molecule has 9 aromatic rings. The van der Waals surface area contributed by atoms with E-state index < -0.39 is 124 Å². The van der Waals surface area contributed by atoms with Crippen LogP contribution in [0.5, 0.6) is 0 Å². The van der Waals surface area contributed by atoms with Gasteiger partial charge in [-0.05, 0) is 249 Å². The summed E-state index contributed by atoms with van der Waals surface area (Å²) < 4.78 is 152. The van der Waals surface area contributed by atoms with Crippen molar-refractivity contribution in [3.05, 3.63) is 261 Å². The molecule has 16 rings (SSSR count). The van der Waals surface area contributed by atoms with Crippen LogP contribution in [0.2, 0.25) is 0 Å². The molecule has 10 heterocycles. The molecule has 6 atom stereocenters. The third-order valence-electron chi connectivity index (χ3n) is 27.1. The van der Waals surface area contributed by atoms with Gasteiger partial charge in [0.2, 0.25) is 0 Å². The van der Waals surface area contributed by atoms with E-state index in [0.717, 1.165) is 123 Å². The average Bonchev–Trinajstić information content (AvgIpc) is 1.67. The van der Waals surface area contributed by atoms with Gasteiger partial charge in [0, 0.05) is 114 Å². The number of hydrogen-bond acceptors (Lipinski definition) is 23. The molecule has 0 spiro atoms. The van der Waals surface area contributed by atoms with Crippen molar-refractivity contribution in [2.45, 2.75) is 196 Å². The summed E-state index contributed by atoms with van der Waals surface area (Å²) in [6.07, 6.45) is 5.29. The zero-order valence-electron chi connectivity index (χ0n) is 82.4. The number of aryl methyl sites for hydroxylation is 6. The van der Waals surface area contributed by atoms with Gasteiger partial charge in [-0.25, -0.2) is 40.7 Å². The molecule has 0 aliphatic carbocycles. The Morgan fingerprint density at radius 1 is 0.454 bits per heavy atom. The van der Waals surface area contributed by atoms with Gasteiger partial charge < -0.3 is 108 Å². The largest absolute Gasteiger partial charge is 1.00 e. The number of nitrogens with one attached hydrogen (secondary N) is 3. The van der Waals surface area contributed by atoms with Crippen molar-refractivity contribution >= 4 is 87.9 Å². The number of pyridine rings is 3. The molecule has 31 nitrogen and oxygen atoms in total. The second kappa shape index (κ2) is 47.0. The minimum absolute atomic E-state index is 0. The predicted octanol–water partition coefficient (Wildman–Crippen LogP) is 7.99. The second-order valence-electron chi connectivity index (χ2n) is 36.7. The maximum atomic E-state index is 15.2. The Morgan fingerprint density at radius 2 is 0.745 bits per heavy atom. The number of ether oxygens (including phenoxy) is 8. The van der Waals surface area contributed by atoms with Gasteiger partial charge in [0.05, 0.1) is 119 Å².